The number of aryl methyl sites for hydroxylation is 2. The monoisotopic (exact) mass is 323 g/mol. The third-order valence-corrected chi connectivity index (χ3v) is 4.80. The molecule has 1 aliphatic rings. The van der Waals surface area contributed by atoms with Crippen LogP contribution in [0.3, 0.4) is 0 Å². The van der Waals surface area contributed by atoms with Gasteiger partial charge in [-0.25, -0.2) is 0 Å². The van der Waals surface area contributed by atoms with Gasteiger partial charge in [0.05, 0.1) is 5.92 Å². The maximum Gasteiger partial charge on any atom is 0.308 e. The molecule has 124 valence electrons. The summed E-state index contributed by atoms with van der Waals surface area (Å²) >= 11 is 0. The fourth-order valence-electron chi connectivity index (χ4n) is 3.50. The van der Waals surface area contributed by atoms with Crippen molar-refractivity contribution in [2.75, 3.05) is 13.1 Å². The van der Waals surface area contributed by atoms with Crippen LogP contribution in [0, 0.1) is 24.2 Å². The summed E-state index contributed by atoms with van der Waals surface area (Å²) in [6.45, 7) is 3.95. The second-order valence-electron chi connectivity index (χ2n) is 6.61. The van der Waals surface area contributed by atoms with Crippen LogP contribution < -0.4 is 0 Å². The van der Waals surface area contributed by atoms with Crippen molar-refractivity contribution in [3.63, 3.8) is 0 Å². The summed E-state index contributed by atoms with van der Waals surface area (Å²) in [7, 11) is 1.85. The second kappa shape index (κ2) is 6.50. The van der Waals surface area contributed by atoms with E-state index >= 15 is 0 Å². The minimum Gasteiger partial charge on any atom is -0.481 e. The Morgan fingerprint density at radius 2 is 2.04 bits per heavy atom. The summed E-state index contributed by atoms with van der Waals surface area (Å²) in [4.78, 5) is 13.8. The van der Waals surface area contributed by atoms with Gasteiger partial charge in [-0.1, -0.05) is 29.8 Å². The van der Waals surface area contributed by atoms with E-state index in [0.717, 1.165) is 17.7 Å². The summed E-state index contributed by atoms with van der Waals surface area (Å²) in [6, 6.07) is 12.2. The number of benzene rings is 1. The van der Waals surface area contributed by atoms with E-state index in [1.165, 1.54) is 5.56 Å². The lowest BCUT2D eigenvalue weighted by Crippen LogP contribution is -2.23. The van der Waals surface area contributed by atoms with Crippen molar-refractivity contribution in [2.45, 2.75) is 19.4 Å². The van der Waals surface area contributed by atoms with Gasteiger partial charge in [0.15, 0.2) is 0 Å². The van der Waals surface area contributed by atoms with Crippen molar-refractivity contribution in [1.82, 2.24) is 9.47 Å². The van der Waals surface area contributed by atoms with Crippen molar-refractivity contribution in [2.24, 2.45) is 13.0 Å². The average Bonchev–Trinajstić information content (AvgIpc) is 3.12. The Balaban J connectivity index is 1.78. The maximum atomic E-state index is 11.7. The lowest BCUT2D eigenvalue weighted by molar-refractivity contribution is -0.141. The Hall–Kier alpha value is -2.58. The molecular formula is C19H21N3O2. The Morgan fingerprint density at radius 3 is 2.62 bits per heavy atom. The molecule has 2 aromatic rings. The average molecular weight is 323 g/mol. The highest BCUT2D eigenvalue weighted by Crippen LogP contribution is 2.34. The van der Waals surface area contributed by atoms with Crippen molar-refractivity contribution in [3.8, 4) is 6.07 Å². The number of carboxylic acids is 1. The minimum absolute atomic E-state index is 0.00208. The minimum atomic E-state index is -0.742. The second-order valence-corrected chi connectivity index (χ2v) is 6.61. The summed E-state index contributed by atoms with van der Waals surface area (Å²) in [5.74, 6) is -1.14. The first-order chi connectivity index (χ1) is 11.5. The topological polar surface area (TPSA) is 69.3 Å². The first-order valence-corrected chi connectivity index (χ1v) is 8.05. The van der Waals surface area contributed by atoms with Crippen LogP contribution in [0.25, 0.3) is 0 Å². The Bertz CT molecular complexity index is 786. The van der Waals surface area contributed by atoms with Crippen LogP contribution in [0.2, 0.25) is 0 Å². The number of nitriles is 1. The highest BCUT2D eigenvalue weighted by molar-refractivity contribution is 5.72. The highest BCUT2D eigenvalue weighted by atomic mass is 16.4. The molecule has 0 spiro atoms. The molecule has 0 amide bonds. The Kier molecular flexibility index (Phi) is 4.41. The van der Waals surface area contributed by atoms with Gasteiger partial charge in [0.25, 0.3) is 0 Å². The molecule has 0 aliphatic carbocycles. The van der Waals surface area contributed by atoms with Gasteiger partial charge < -0.3 is 9.67 Å². The molecule has 1 N–H and O–H groups in total. The molecule has 1 fully saturated rings. The molecule has 2 atom stereocenters. The number of hydrogen-bond acceptors (Lipinski definition) is 3. The van der Waals surface area contributed by atoms with E-state index in [0.29, 0.717) is 18.8 Å². The summed E-state index contributed by atoms with van der Waals surface area (Å²) in [6.07, 6.45) is 1.94. The third kappa shape index (κ3) is 3.19. The molecule has 3 rings (SSSR count). The first-order valence-electron chi connectivity index (χ1n) is 8.05. The van der Waals surface area contributed by atoms with E-state index in [2.05, 4.69) is 11.0 Å². The molecule has 1 saturated heterocycles. The van der Waals surface area contributed by atoms with Crippen LogP contribution in [-0.2, 0) is 18.4 Å². The van der Waals surface area contributed by atoms with Gasteiger partial charge in [-0.3, -0.25) is 9.69 Å². The lowest BCUT2D eigenvalue weighted by atomic mass is 9.89. The normalized spacial score (nSPS) is 20.9. The number of carbonyl (C=O) groups is 1. The van der Waals surface area contributed by atoms with E-state index in [1.807, 2.05) is 50.5 Å². The molecule has 1 aliphatic heterocycles. The molecule has 5 nitrogen and oxygen atoms in total. The number of likely N-dealkylation sites (tertiary alicyclic amines) is 1. The van der Waals surface area contributed by atoms with Crippen molar-refractivity contribution >= 4 is 5.97 Å². The van der Waals surface area contributed by atoms with Crippen molar-refractivity contribution in [1.29, 1.82) is 5.26 Å². The predicted molar refractivity (Wildman–Crippen MR) is 90.5 cm³/mol. The zero-order valence-electron chi connectivity index (χ0n) is 13.9. The molecule has 2 heterocycles. The zero-order valence-corrected chi connectivity index (χ0v) is 13.9. The number of rotatable bonds is 4. The van der Waals surface area contributed by atoms with Gasteiger partial charge in [-0.15, -0.1) is 0 Å². The molecule has 0 radical (unpaired) electrons. The molecule has 0 bridgehead atoms. The number of aromatic nitrogens is 1. The smallest absolute Gasteiger partial charge is 0.308 e. The largest absolute Gasteiger partial charge is 0.481 e. The molecule has 1 aromatic heterocycles. The standard InChI is InChI=1S/C19H21N3O2/c1-13-3-5-15(6-4-13)17-11-22(12-18(17)19(23)24)10-14-7-16(8-20)21(2)9-14/h3-7,9,17-18H,10-12H2,1-2H3,(H,23,24)/t17-,18+/m0/s1. The predicted octanol–water partition coefficient (Wildman–Crippen LogP) is 2.51. The van der Waals surface area contributed by atoms with Crippen molar-refractivity contribution < 1.29 is 9.90 Å². The summed E-state index contributed by atoms with van der Waals surface area (Å²) < 4.78 is 1.80. The SMILES string of the molecule is Cc1ccc([C@@H]2CN(Cc3cc(C#N)n(C)c3)C[C@H]2C(=O)O)cc1. The number of aliphatic carboxylic acids is 1. The molecule has 24 heavy (non-hydrogen) atoms. The third-order valence-electron chi connectivity index (χ3n) is 4.80. The van der Waals surface area contributed by atoms with Gasteiger partial charge in [0.2, 0.25) is 0 Å². The molecule has 0 saturated carbocycles. The van der Waals surface area contributed by atoms with E-state index in [9.17, 15) is 9.90 Å². The van der Waals surface area contributed by atoms with Crippen LogP contribution in [-0.4, -0.2) is 33.6 Å². The fourth-order valence-corrected chi connectivity index (χ4v) is 3.50. The number of carboxylic acid groups (broad SMARTS) is 1. The van der Waals surface area contributed by atoms with Crippen LogP contribution >= 0.6 is 0 Å². The summed E-state index contributed by atoms with van der Waals surface area (Å²) in [5, 5.41) is 18.7. The fraction of sp³-hybridized carbons (Fsp3) is 0.368. The van der Waals surface area contributed by atoms with Crippen LogP contribution in [0.15, 0.2) is 36.5 Å². The van der Waals surface area contributed by atoms with Gasteiger partial charge in [-0.05, 0) is 24.1 Å². The van der Waals surface area contributed by atoms with E-state index < -0.39 is 11.9 Å². The van der Waals surface area contributed by atoms with Crippen LogP contribution in [0.5, 0.6) is 0 Å². The van der Waals surface area contributed by atoms with Gasteiger partial charge in [0, 0.05) is 38.8 Å². The number of nitrogens with zero attached hydrogens (tertiary/aromatic N) is 3. The van der Waals surface area contributed by atoms with Crippen LogP contribution in [0.1, 0.15) is 28.3 Å². The molecule has 5 heteroatoms. The van der Waals surface area contributed by atoms with E-state index in [4.69, 9.17) is 5.26 Å². The molecule has 0 unspecified atom stereocenters. The zero-order chi connectivity index (χ0) is 17.3. The Morgan fingerprint density at radius 1 is 1.33 bits per heavy atom. The van der Waals surface area contributed by atoms with Gasteiger partial charge in [-0.2, -0.15) is 5.26 Å². The Labute approximate surface area is 141 Å². The highest BCUT2D eigenvalue weighted by Gasteiger charge is 2.38. The quantitative estimate of drug-likeness (QED) is 0.938. The molecular weight excluding hydrogens is 302 g/mol. The first kappa shape index (κ1) is 16.3. The maximum absolute atomic E-state index is 11.7. The van der Waals surface area contributed by atoms with Crippen LogP contribution in [0.4, 0.5) is 0 Å². The van der Waals surface area contributed by atoms with Gasteiger partial charge >= 0.3 is 5.97 Å². The van der Waals surface area contributed by atoms with Crippen molar-refractivity contribution in [3.05, 3.63) is 58.9 Å². The van der Waals surface area contributed by atoms with E-state index in [-0.39, 0.29) is 5.92 Å². The number of hydrogen-bond donors (Lipinski definition) is 1. The lowest BCUT2D eigenvalue weighted by Gasteiger charge is -2.16. The molecule has 1 aromatic carbocycles. The van der Waals surface area contributed by atoms with Gasteiger partial charge in [0.1, 0.15) is 11.8 Å². The summed E-state index contributed by atoms with van der Waals surface area (Å²) in [5.41, 5.74) is 3.92. The van der Waals surface area contributed by atoms with E-state index in [1.54, 1.807) is 4.57 Å².